The molecule has 2 saturated heterocycles. The van der Waals surface area contributed by atoms with Gasteiger partial charge in [-0.1, -0.05) is 24.3 Å². The van der Waals surface area contributed by atoms with Crippen molar-refractivity contribution in [2.75, 3.05) is 39.3 Å². The molecule has 0 unspecified atom stereocenters. The van der Waals surface area contributed by atoms with Crippen LogP contribution in [-0.2, 0) is 9.59 Å². The van der Waals surface area contributed by atoms with E-state index < -0.39 is 5.82 Å². The quantitative estimate of drug-likeness (QED) is 0.675. The summed E-state index contributed by atoms with van der Waals surface area (Å²) < 4.78 is 14.8. The summed E-state index contributed by atoms with van der Waals surface area (Å²) in [6.45, 7) is 7.27. The highest BCUT2D eigenvalue weighted by Crippen LogP contribution is 2.25. The molecule has 0 N–H and O–H groups in total. The first-order valence-electron chi connectivity index (χ1n) is 11.1. The Labute approximate surface area is 187 Å². The number of aryl methyl sites for hydroxylation is 2. The molecule has 32 heavy (non-hydrogen) atoms. The summed E-state index contributed by atoms with van der Waals surface area (Å²) in [7, 11) is 0. The van der Waals surface area contributed by atoms with Gasteiger partial charge in [-0.2, -0.15) is 0 Å². The number of likely N-dealkylation sites (tertiary alicyclic amines) is 1. The minimum Gasteiger partial charge on any atom is -0.336 e. The molecule has 4 rings (SSSR count). The predicted octanol–water partition coefficient (Wildman–Crippen LogP) is 3.02. The van der Waals surface area contributed by atoms with E-state index in [-0.39, 0.29) is 23.3 Å². The number of hydrogen-bond acceptors (Lipinski definition) is 4. The van der Waals surface area contributed by atoms with Crippen molar-refractivity contribution in [1.29, 1.82) is 0 Å². The van der Waals surface area contributed by atoms with Crippen molar-refractivity contribution in [3.05, 3.63) is 58.9 Å². The molecule has 0 aromatic heterocycles. The molecular formula is C25H28FN3O3. The number of amides is 3. The number of nitrogens with zero attached hydrogens (tertiary/aromatic N) is 3. The van der Waals surface area contributed by atoms with Crippen LogP contribution in [0.4, 0.5) is 4.39 Å². The van der Waals surface area contributed by atoms with Gasteiger partial charge in [0.2, 0.25) is 11.8 Å². The first-order valence-corrected chi connectivity index (χ1v) is 11.1. The second-order valence-corrected chi connectivity index (χ2v) is 8.57. The number of imide groups is 1. The zero-order valence-corrected chi connectivity index (χ0v) is 18.6. The van der Waals surface area contributed by atoms with Crippen molar-refractivity contribution in [1.82, 2.24) is 14.7 Å². The summed E-state index contributed by atoms with van der Waals surface area (Å²) in [6, 6.07) is 10.8. The van der Waals surface area contributed by atoms with Crippen LogP contribution in [0.25, 0.3) is 11.1 Å². The van der Waals surface area contributed by atoms with Gasteiger partial charge in [-0.05, 0) is 48.2 Å². The number of rotatable bonds is 5. The standard InChI is InChI=1S/C25H28FN3O3/c1-17-3-4-19(15-18(17)2)20-5-6-21(22(26)16-20)25(32)28-12-9-27(10-13-28)11-14-29-23(30)7-8-24(29)31/h3-6,15-16H,7-14H2,1-2H3. The molecule has 6 nitrogen and oxygen atoms in total. The van der Waals surface area contributed by atoms with E-state index in [1.165, 1.54) is 16.5 Å². The van der Waals surface area contributed by atoms with E-state index in [2.05, 4.69) is 4.90 Å². The van der Waals surface area contributed by atoms with E-state index in [1.807, 2.05) is 32.0 Å². The molecule has 0 aliphatic carbocycles. The number of halogens is 1. The van der Waals surface area contributed by atoms with Crippen molar-refractivity contribution < 1.29 is 18.8 Å². The Morgan fingerprint density at radius 1 is 0.844 bits per heavy atom. The van der Waals surface area contributed by atoms with Gasteiger partial charge in [0.25, 0.3) is 5.91 Å². The second kappa shape index (κ2) is 9.20. The van der Waals surface area contributed by atoms with Gasteiger partial charge in [0, 0.05) is 52.1 Å². The monoisotopic (exact) mass is 437 g/mol. The van der Waals surface area contributed by atoms with Gasteiger partial charge in [-0.3, -0.25) is 24.2 Å². The molecule has 2 aromatic rings. The van der Waals surface area contributed by atoms with Crippen molar-refractivity contribution >= 4 is 17.7 Å². The lowest BCUT2D eigenvalue weighted by molar-refractivity contribution is -0.138. The van der Waals surface area contributed by atoms with Gasteiger partial charge in [-0.15, -0.1) is 0 Å². The third-order valence-corrected chi connectivity index (χ3v) is 6.49. The Kier molecular flexibility index (Phi) is 6.37. The van der Waals surface area contributed by atoms with Gasteiger partial charge < -0.3 is 4.90 Å². The number of carbonyl (C=O) groups excluding carboxylic acids is 3. The molecule has 2 aromatic carbocycles. The van der Waals surface area contributed by atoms with Crippen LogP contribution in [0, 0.1) is 19.7 Å². The van der Waals surface area contributed by atoms with Crippen LogP contribution in [-0.4, -0.2) is 71.7 Å². The predicted molar refractivity (Wildman–Crippen MR) is 120 cm³/mol. The average Bonchev–Trinajstić information content (AvgIpc) is 3.11. The van der Waals surface area contributed by atoms with Crippen LogP contribution in [0.5, 0.6) is 0 Å². The molecule has 0 bridgehead atoms. The third kappa shape index (κ3) is 4.58. The Bertz CT molecular complexity index is 1040. The minimum atomic E-state index is -0.515. The summed E-state index contributed by atoms with van der Waals surface area (Å²) in [4.78, 5) is 41.5. The molecule has 2 aliphatic rings. The molecule has 2 fully saturated rings. The van der Waals surface area contributed by atoms with E-state index in [1.54, 1.807) is 17.0 Å². The molecule has 2 heterocycles. The molecule has 2 aliphatic heterocycles. The Balaban J connectivity index is 1.35. The molecule has 0 spiro atoms. The van der Waals surface area contributed by atoms with Crippen molar-refractivity contribution in [3.63, 3.8) is 0 Å². The first-order chi connectivity index (χ1) is 15.3. The smallest absolute Gasteiger partial charge is 0.256 e. The minimum absolute atomic E-state index is 0.0827. The maximum Gasteiger partial charge on any atom is 0.256 e. The summed E-state index contributed by atoms with van der Waals surface area (Å²) in [5.74, 6) is -1.04. The topological polar surface area (TPSA) is 60.9 Å². The van der Waals surface area contributed by atoms with E-state index >= 15 is 0 Å². The fourth-order valence-electron chi connectivity index (χ4n) is 4.25. The summed E-state index contributed by atoms with van der Waals surface area (Å²) in [6.07, 6.45) is 0.601. The molecule has 0 saturated carbocycles. The Morgan fingerprint density at radius 2 is 1.47 bits per heavy atom. The molecule has 0 radical (unpaired) electrons. The van der Waals surface area contributed by atoms with Crippen molar-refractivity contribution in [2.45, 2.75) is 26.7 Å². The highest BCUT2D eigenvalue weighted by molar-refractivity contribution is 6.01. The van der Waals surface area contributed by atoms with Crippen LogP contribution < -0.4 is 0 Å². The SMILES string of the molecule is Cc1ccc(-c2ccc(C(=O)N3CCN(CCN4C(=O)CCC4=O)CC3)c(F)c2)cc1C. The molecular weight excluding hydrogens is 409 g/mol. The largest absolute Gasteiger partial charge is 0.336 e. The molecule has 168 valence electrons. The lowest BCUT2D eigenvalue weighted by atomic mass is 9.99. The second-order valence-electron chi connectivity index (χ2n) is 8.57. The van der Waals surface area contributed by atoms with Crippen molar-refractivity contribution in [3.8, 4) is 11.1 Å². The van der Waals surface area contributed by atoms with Gasteiger partial charge in [0.1, 0.15) is 5.82 Å². The first kappa shape index (κ1) is 22.1. The number of piperazine rings is 1. The highest BCUT2D eigenvalue weighted by Gasteiger charge is 2.30. The van der Waals surface area contributed by atoms with Crippen LogP contribution in [0.15, 0.2) is 36.4 Å². The highest BCUT2D eigenvalue weighted by atomic mass is 19.1. The fourth-order valence-corrected chi connectivity index (χ4v) is 4.25. The Hall–Kier alpha value is -3.06. The van der Waals surface area contributed by atoms with Gasteiger partial charge in [0.05, 0.1) is 5.56 Å². The van der Waals surface area contributed by atoms with Crippen molar-refractivity contribution in [2.24, 2.45) is 0 Å². The van der Waals surface area contributed by atoms with E-state index in [0.29, 0.717) is 52.1 Å². The Morgan fingerprint density at radius 3 is 2.09 bits per heavy atom. The maximum atomic E-state index is 14.8. The van der Waals surface area contributed by atoms with Crippen LogP contribution >= 0.6 is 0 Å². The van der Waals surface area contributed by atoms with E-state index in [0.717, 1.165) is 16.7 Å². The van der Waals surface area contributed by atoms with Crippen LogP contribution in [0.3, 0.4) is 0 Å². The van der Waals surface area contributed by atoms with Crippen LogP contribution in [0.1, 0.15) is 34.3 Å². The molecule has 7 heteroatoms. The lowest BCUT2D eigenvalue weighted by Gasteiger charge is -2.35. The lowest BCUT2D eigenvalue weighted by Crippen LogP contribution is -2.50. The van der Waals surface area contributed by atoms with Gasteiger partial charge >= 0.3 is 0 Å². The van der Waals surface area contributed by atoms with E-state index in [9.17, 15) is 18.8 Å². The van der Waals surface area contributed by atoms with Gasteiger partial charge in [-0.25, -0.2) is 4.39 Å². The summed E-state index contributed by atoms with van der Waals surface area (Å²) in [5.41, 5.74) is 4.07. The average molecular weight is 438 g/mol. The fraction of sp³-hybridized carbons (Fsp3) is 0.400. The number of benzene rings is 2. The summed E-state index contributed by atoms with van der Waals surface area (Å²) >= 11 is 0. The zero-order chi connectivity index (χ0) is 22.8. The van der Waals surface area contributed by atoms with E-state index in [4.69, 9.17) is 0 Å². The maximum absolute atomic E-state index is 14.8. The molecule has 3 amide bonds. The third-order valence-electron chi connectivity index (χ3n) is 6.49. The van der Waals surface area contributed by atoms with Crippen LogP contribution in [0.2, 0.25) is 0 Å². The summed E-state index contributed by atoms with van der Waals surface area (Å²) in [5, 5.41) is 0. The zero-order valence-electron chi connectivity index (χ0n) is 18.6. The normalized spacial score (nSPS) is 17.3. The number of hydrogen-bond donors (Lipinski definition) is 0. The molecule has 0 atom stereocenters. The van der Waals surface area contributed by atoms with Gasteiger partial charge in [0.15, 0.2) is 0 Å². The number of carbonyl (C=O) groups is 3.